The molecule has 3 amide bonds. The van der Waals surface area contributed by atoms with Crippen molar-refractivity contribution in [3.05, 3.63) is 78.3 Å². The molecule has 282 valence electrons. The fraction of sp³-hybridized carbons (Fsp3) is 0.447. The number of hydrogen-bond donors (Lipinski definition) is 3. The molecule has 2 aliphatic carbocycles. The number of carbonyl (C=O) groups is 3. The van der Waals surface area contributed by atoms with Gasteiger partial charge in [0.2, 0.25) is 27.7 Å². The second-order valence-corrected chi connectivity index (χ2v) is 18.1. The third-order valence-corrected chi connectivity index (χ3v) is 14.1. The van der Waals surface area contributed by atoms with E-state index in [4.69, 9.17) is 5.10 Å². The summed E-state index contributed by atoms with van der Waals surface area (Å²) in [5.74, 6) is -1.52. The highest BCUT2D eigenvalue weighted by molar-refractivity contribution is 7.91. The molecular weight excluding hydrogens is 727 g/mol. The van der Waals surface area contributed by atoms with Gasteiger partial charge in [-0.2, -0.15) is 4.80 Å². The van der Waals surface area contributed by atoms with Crippen molar-refractivity contribution < 1.29 is 22.8 Å². The van der Waals surface area contributed by atoms with Crippen molar-refractivity contribution in [3.8, 4) is 22.0 Å². The lowest BCUT2D eigenvalue weighted by atomic mass is 10.0. The van der Waals surface area contributed by atoms with E-state index in [2.05, 4.69) is 30.7 Å². The molecule has 4 aromatic rings. The number of para-hydroxylation sites is 1. The smallest absolute Gasteiger partial charge is 0.259 e. The summed E-state index contributed by atoms with van der Waals surface area (Å²) < 4.78 is 27.6. The van der Waals surface area contributed by atoms with Crippen LogP contribution >= 0.6 is 11.3 Å². The summed E-state index contributed by atoms with van der Waals surface area (Å²) in [7, 11) is -3.95. The van der Waals surface area contributed by atoms with Crippen LogP contribution in [0.5, 0.6) is 0 Å². The van der Waals surface area contributed by atoms with E-state index in [1.54, 1.807) is 18.0 Å². The van der Waals surface area contributed by atoms with Crippen molar-refractivity contribution in [3.63, 3.8) is 0 Å². The van der Waals surface area contributed by atoms with Crippen LogP contribution in [0.2, 0.25) is 0 Å². The van der Waals surface area contributed by atoms with Gasteiger partial charge < -0.3 is 15.5 Å². The van der Waals surface area contributed by atoms with Gasteiger partial charge in [-0.3, -0.25) is 19.1 Å². The van der Waals surface area contributed by atoms with Gasteiger partial charge in [0.15, 0.2) is 0 Å². The van der Waals surface area contributed by atoms with Crippen molar-refractivity contribution in [1.29, 1.82) is 0 Å². The quantitative estimate of drug-likeness (QED) is 0.216. The van der Waals surface area contributed by atoms with Gasteiger partial charge in [0.1, 0.15) is 22.6 Å². The predicted molar refractivity (Wildman–Crippen MR) is 203 cm³/mol. The Balaban J connectivity index is 1.10. The highest BCUT2D eigenvalue weighted by atomic mass is 32.2. The molecule has 2 aromatic carbocycles. The minimum Gasteiger partial charge on any atom is -0.374 e. The van der Waals surface area contributed by atoms with Crippen LogP contribution < -0.4 is 15.4 Å². The fourth-order valence-corrected chi connectivity index (χ4v) is 9.38. The molecule has 8 rings (SSSR count). The third kappa shape index (κ3) is 7.16. The Morgan fingerprint density at radius 3 is 2.63 bits per heavy atom. The minimum absolute atomic E-state index is 0.133. The largest absolute Gasteiger partial charge is 0.374 e. The molecule has 16 heteroatoms. The van der Waals surface area contributed by atoms with Gasteiger partial charge in [0.25, 0.3) is 5.91 Å². The summed E-state index contributed by atoms with van der Waals surface area (Å²) in [5.41, 5.74) is 1.01. The average Bonchev–Trinajstić information content (AvgIpc) is 3.74. The number of benzene rings is 2. The molecule has 0 spiro atoms. The number of allylic oxidation sites excluding steroid dienone is 1. The van der Waals surface area contributed by atoms with Gasteiger partial charge in [-0.05, 0) is 68.9 Å². The van der Waals surface area contributed by atoms with Crippen molar-refractivity contribution in [2.75, 3.05) is 11.9 Å². The zero-order chi connectivity index (χ0) is 37.5. The fourth-order valence-electron chi connectivity index (χ4n) is 7.43. The molecule has 4 heterocycles. The molecule has 5 atom stereocenters. The van der Waals surface area contributed by atoms with E-state index < -0.39 is 50.2 Å². The average molecular weight is 770 g/mol. The van der Waals surface area contributed by atoms with E-state index in [0.29, 0.717) is 25.1 Å². The molecule has 1 saturated heterocycles. The molecule has 0 radical (unpaired) electrons. The Kier molecular flexibility index (Phi) is 9.58. The summed E-state index contributed by atoms with van der Waals surface area (Å²) in [4.78, 5) is 50.4. The van der Waals surface area contributed by atoms with Crippen molar-refractivity contribution >= 4 is 44.8 Å². The molecule has 2 aliphatic heterocycles. The van der Waals surface area contributed by atoms with Crippen LogP contribution in [0, 0.1) is 5.92 Å². The summed E-state index contributed by atoms with van der Waals surface area (Å²) in [6.07, 6.45) is 10.9. The van der Waals surface area contributed by atoms with Gasteiger partial charge in [0.05, 0.1) is 10.8 Å². The third-order valence-electron chi connectivity index (χ3n) is 11.2. The monoisotopic (exact) mass is 769 g/mol. The second-order valence-electron chi connectivity index (χ2n) is 15.0. The predicted octanol–water partition coefficient (Wildman–Crippen LogP) is 4.48. The first-order chi connectivity index (χ1) is 26.1. The first kappa shape index (κ1) is 36.0. The van der Waals surface area contributed by atoms with Crippen molar-refractivity contribution in [2.24, 2.45) is 5.92 Å². The molecule has 0 bridgehead atoms. The van der Waals surface area contributed by atoms with Crippen LogP contribution in [-0.4, -0.2) is 85.1 Å². The summed E-state index contributed by atoms with van der Waals surface area (Å²) in [6, 6.07) is 15.1. The highest BCUT2D eigenvalue weighted by Gasteiger charge is 2.63. The van der Waals surface area contributed by atoms with E-state index in [-0.39, 0.29) is 31.2 Å². The molecule has 0 unspecified atom stereocenters. The standard InChI is InChI=1S/C38H43N9O5S2/c1-37(17-18-37)54(51,52)44-36(50)38-23-27(38)13-6-3-2-4-9-16-30(40-28-14-7-5-8-15-28)35(49)46-24-29(22-31(46)33(48)41-38)47-43-32(42-45-47)25-11-10-12-26(21-25)34-39-19-20-53-34/h5-8,10-15,19-21,27,29-31,40H,2-4,9,16-18,22-24H2,1H3,(H,41,48)(H,44,50)/b13-6-/t27-,29-,30+,31+,38-/m1/s1. The first-order valence-corrected chi connectivity index (χ1v) is 20.9. The van der Waals surface area contributed by atoms with Crippen LogP contribution in [0.3, 0.4) is 0 Å². The molecule has 54 heavy (non-hydrogen) atoms. The lowest BCUT2D eigenvalue weighted by Crippen LogP contribution is -2.58. The topological polar surface area (TPSA) is 181 Å². The number of nitrogens with one attached hydrogen (secondary N) is 3. The van der Waals surface area contributed by atoms with Gasteiger partial charge in [0, 0.05) is 47.3 Å². The number of aromatic nitrogens is 5. The zero-order valence-corrected chi connectivity index (χ0v) is 31.6. The van der Waals surface area contributed by atoms with Crippen LogP contribution in [-0.2, 0) is 24.4 Å². The zero-order valence-electron chi connectivity index (χ0n) is 29.9. The van der Waals surface area contributed by atoms with E-state index in [1.165, 1.54) is 16.1 Å². The first-order valence-electron chi connectivity index (χ1n) is 18.5. The number of hydrogen-bond acceptors (Lipinski definition) is 11. The number of nitrogens with zero attached hydrogens (tertiary/aromatic N) is 6. The highest BCUT2D eigenvalue weighted by Crippen LogP contribution is 2.47. The maximum atomic E-state index is 14.6. The number of carbonyl (C=O) groups excluding carboxylic acids is 3. The van der Waals surface area contributed by atoms with Gasteiger partial charge in [-0.25, -0.2) is 13.4 Å². The number of fused-ring (bicyclic) bond motifs is 2. The second kappa shape index (κ2) is 14.4. The number of rotatable bonds is 8. The summed E-state index contributed by atoms with van der Waals surface area (Å²) in [5, 5.41) is 22.6. The van der Waals surface area contributed by atoms with Crippen molar-refractivity contribution in [2.45, 2.75) is 93.1 Å². The SMILES string of the molecule is CC1(S(=O)(=O)NC(=O)[C@@]23C[C@H]2/C=C\CCCCC[C@H](Nc2ccccc2)C(=O)N2C[C@H](n4nnc(-c5cccc(-c6nccs6)c5)n4)C[C@H]2C(=O)N3)CC1. The maximum Gasteiger partial charge on any atom is 0.259 e. The normalized spacial score (nSPS) is 27.4. The lowest BCUT2D eigenvalue weighted by Gasteiger charge is -2.30. The summed E-state index contributed by atoms with van der Waals surface area (Å²) in [6.45, 7) is 1.75. The van der Waals surface area contributed by atoms with Crippen LogP contribution in [0.25, 0.3) is 22.0 Å². The Labute approximate surface area is 317 Å². The molecule has 2 saturated carbocycles. The van der Waals surface area contributed by atoms with Crippen molar-refractivity contribution in [1.82, 2.24) is 40.1 Å². The number of thiazole rings is 1. The Morgan fingerprint density at radius 2 is 1.85 bits per heavy atom. The van der Waals surface area contributed by atoms with Gasteiger partial charge >= 0.3 is 0 Å². The van der Waals surface area contributed by atoms with E-state index in [1.807, 2.05) is 72.1 Å². The van der Waals surface area contributed by atoms with Crippen LogP contribution in [0.1, 0.15) is 70.8 Å². The van der Waals surface area contributed by atoms with Gasteiger partial charge in [-0.15, -0.1) is 21.5 Å². The number of tetrazole rings is 1. The summed E-state index contributed by atoms with van der Waals surface area (Å²) >= 11 is 1.53. The minimum atomic E-state index is -3.95. The molecule has 4 aliphatic rings. The lowest BCUT2D eigenvalue weighted by molar-refractivity contribution is -0.140. The van der Waals surface area contributed by atoms with Crippen LogP contribution in [0.15, 0.2) is 78.3 Å². The molecule has 3 fully saturated rings. The Morgan fingerprint density at radius 1 is 1.04 bits per heavy atom. The van der Waals surface area contributed by atoms with E-state index in [9.17, 15) is 22.8 Å². The Bertz CT molecular complexity index is 2170. The van der Waals surface area contributed by atoms with E-state index in [0.717, 1.165) is 47.5 Å². The molecular formula is C38H43N9O5S2. The molecule has 2 aromatic heterocycles. The van der Waals surface area contributed by atoms with Gasteiger partial charge in [-0.1, -0.05) is 61.4 Å². The molecule has 3 N–H and O–H groups in total. The van der Waals surface area contributed by atoms with Crippen LogP contribution in [0.4, 0.5) is 5.69 Å². The number of anilines is 1. The van der Waals surface area contributed by atoms with E-state index >= 15 is 0 Å². The molecule has 14 nitrogen and oxygen atoms in total. The Hall–Kier alpha value is -4.96. The maximum absolute atomic E-state index is 14.6. The number of sulfonamides is 1. The number of amides is 3.